The smallest absolute Gasteiger partial charge is 0.269 e. The van der Waals surface area contributed by atoms with Crippen molar-refractivity contribution in [2.45, 2.75) is 30.4 Å². The minimum absolute atomic E-state index is 0.0412. The van der Waals surface area contributed by atoms with Gasteiger partial charge in [0.2, 0.25) is 0 Å². The molecule has 1 fully saturated rings. The maximum Gasteiger partial charge on any atom is 0.269 e. The topological polar surface area (TPSA) is 95.5 Å². The van der Waals surface area contributed by atoms with E-state index in [1.807, 2.05) is 0 Å². The molecule has 0 bridgehead atoms. The number of nitro benzene ring substituents is 2. The number of non-ortho nitro benzene ring substituents is 2. The molecule has 2 aromatic rings. The first-order valence-electron chi connectivity index (χ1n) is 8.15. The Bertz CT molecular complexity index is 809. The molecule has 0 radical (unpaired) electrons. The molecular formula is C18H17BrN2O5. The third-order valence-corrected chi connectivity index (χ3v) is 5.91. The molecule has 4 atom stereocenters. The lowest BCUT2D eigenvalue weighted by molar-refractivity contribution is -0.385. The first kappa shape index (κ1) is 18.5. The van der Waals surface area contributed by atoms with Crippen LogP contribution in [0.5, 0.6) is 0 Å². The monoisotopic (exact) mass is 420 g/mol. The highest BCUT2D eigenvalue weighted by molar-refractivity contribution is 9.09. The number of nitrogens with zero attached hydrogens (tertiary/aromatic N) is 2. The maximum absolute atomic E-state index is 10.8. The number of benzene rings is 2. The van der Waals surface area contributed by atoms with Crippen LogP contribution in [0.4, 0.5) is 11.4 Å². The predicted molar refractivity (Wildman–Crippen MR) is 99.3 cm³/mol. The van der Waals surface area contributed by atoms with Crippen molar-refractivity contribution in [1.29, 1.82) is 0 Å². The molecule has 136 valence electrons. The van der Waals surface area contributed by atoms with Gasteiger partial charge < -0.3 is 4.74 Å². The minimum atomic E-state index is -0.430. The first-order valence-corrected chi connectivity index (χ1v) is 9.06. The number of ether oxygens (including phenoxy) is 1. The van der Waals surface area contributed by atoms with Crippen LogP contribution in [0.3, 0.4) is 0 Å². The summed E-state index contributed by atoms with van der Waals surface area (Å²) in [6.45, 7) is 2.07. The van der Waals surface area contributed by atoms with E-state index in [1.165, 1.54) is 24.3 Å². The van der Waals surface area contributed by atoms with Gasteiger partial charge in [0.1, 0.15) is 0 Å². The Kier molecular flexibility index (Phi) is 5.33. The minimum Gasteiger partial charge on any atom is -0.365 e. The summed E-state index contributed by atoms with van der Waals surface area (Å²) in [4.78, 5) is 21.0. The molecule has 0 N–H and O–H groups in total. The molecule has 0 spiro atoms. The van der Waals surface area contributed by atoms with E-state index >= 15 is 0 Å². The van der Waals surface area contributed by atoms with Gasteiger partial charge in [-0.15, -0.1) is 0 Å². The van der Waals surface area contributed by atoms with Gasteiger partial charge in [-0.1, -0.05) is 22.9 Å². The van der Waals surface area contributed by atoms with Gasteiger partial charge in [-0.25, -0.2) is 0 Å². The second kappa shape index (κ2) is 7.51. The van der Waals surface area contributed by atoms with E-state index in [2.05, 4.69) is 22.9 Å². The van der Waals surface area contributed by atoms with Crippen LogP contribution in [0.25, 0.3) is 0 Å². The van der Waals surface area contributed by atoms with Crippen molar-refractivity contribution >= 4 is 27.3 Å². The zero-order chi connectivity index (χ0) is 18.8. The number of hydrogen-bond donors (Lipinski definition) is 0. The molecule has 0 unspecified atom stereocenters. The van der Waals surface area contributed by atoms with Gasteiger partial charge in [0.15, 0.2) is 0 Å². The normalized spacial score (nSPS) is 25.6. The third kappa shape index (κ3) is 3.76. The molecule has 1 saturated heterocycles. The molecule has 2 aromatic carbocycles. The van der Waals surface area contributed by atoms with Gasteiger partial charge in [-0.3, -0.25) is 20.2 Å². The summed E-state index contributed by atoms with van der Waals surface area (Å²) in [5.74, 6) is 0.172. The lowest BCUT2D eigenvalue weighted by Gasteiger charge is -2.38. The van der Waals surface area contributed by atoms with Gasteiger partial charge >= 0.3 is 0 Å². The second-order valence-corrected chi connectivity index (χ2v) is 7.53. The molecule has 1 aliphatic rings. The van der Waals surface area contributed by atoms with Gasteiger partial charge in [0.25, 0.3) is 11.4 Å². The Hall–Kier alpha value is -2.32. The fourth-order valence-corrected chi connectivity index (χ4v) is 3.78. The quantitative estimate of drug-likeness (QED) is 0.389. The fraction of sp³-hybridized carbons (Fsp3) is 0.333. The average molecular weight is 421 g/mol. The average Bonchev–Trinajstić information content (AvgIpc) is 2.64. The molecule has 7 nitrogen and oxygen atoms in total. The highest BCUT2D eigenvalue weighted by Crippen LogP contribution is 2.45. The number of rotatable bonds is 4. The standard InChI is InChI=1S/C18H17BrN2O5/c1-11-16(19)10-17(12-2-6-14(7-3-12)20(22)23)26-18(11)13-4-8-15(9-5-13)21(24)25/h2-9,11,16-18H,10H2,1H3/t11-,16-,17-,18+/m1/s1. The fourth-order valence-electron chi connectivity index (χ4n) is 3.16. The molecular weight excluding hydrogens is 404 g/mol. The Morgan fingerprint density at radius 3 is 1.85 bits per heavy atom. The van der Waals surface area contributed by atoms with Crippen LogP contribution in [-0.4, -0.2) is 14.7 Å². The van der Waals surface area contributed by atoms with Crippen LogP contribution >= 0.6 is 15.9 Å². The summed E-state index contributed by atoms with van der Waals surface area (Å²) in [6.07, 6.45) is 0.299. The molecule has 26 heavy (non-hydrogen) atoms. The van der Waals surface area contributed by atoms with Gasteiger partial charge in [0.05, 0.1) is 22.1 Å². The van der Waals surface area contributed by atoms with E-state index in [9.17, 15) is 20.2 Å². The summed E-state index contributed by atoms with van der Waals surface area (Å²) < 4.78 is 6.27. The zero-order valence-corrected chi connectivity index (χ0v) is 15.5. The van der Waals surface area contributed by atoms with E-state index in [4.69, 9.17) is 4.74 Å². The number of hydrogen-bond acceptors (Lipinski definition) is 5. The zero-order valence-electron chi connectivity index (χ0n) is 13.9. The van der Waals surface area contributed by atoms with E-state index < -0.39 is 9.85 Å². The summed E-state index contributed by atoms with van der Waals surface area (Å²) in [7, 11) is 0. The van der Waals surface area contributed by atoms with Crippen molar-refractivity contribution < 1.29 is 14.6 Å². The highest BCUT2D eigenvalue weighted by Gasteiger charge is 2.36. The van der Waals surface area contributed by atoms with E-state index in [-0.39, 0.29) is 34.3 Å². The van der Waals surface area contributed by atoms with Crippen LogP contribution in [0.15, 0.2) is 48.5 Å². The second-order valence-electron chi connectivity index (χ2n) is 6.35. The molecule has 0 amide bonds. The van der Waals surface area contributed by atoms with E-state index in [0.29, 0.717) is 0 Å². The molecule has 3 rings (SSSR count). The molecule has 1 aliphatic heterocycles. The maximum atomic E-state index is 10.8. The molecule has 8 heteroatoms. The molecule has 0 aromatic heterocycles. The Morgan fingerprint density at radius 2 is 1.38 bits per heavy atom. The Labute approximate surface area is 158 Å². The first-order chi connectivity index (χ1) is 12.4. The SMILES string of the molecule is C[C@@H]1[C@H](Br)C[C@H](c2ccc([N+](=O)[O-])cc2)O[C@@H]1c1ccc([N+](=O)[O-])cc1. The van der Waals surface area contributed by atoms with Crippen molar-refractivity contribution in [2.75, 3.05) is 0 Å². The van der Waals surface area contributed by atoms with Crippen LogP contribution < -0.4 is 0 Å². The van der Waals surface area contributed by atoms with Gasteiger partial charge in [-0.2, -0.15) is 0 Å². The van der Waals surface area contributed by atoms with E-state index in [1.54, 1.807) is 24.3 Å². The lowest BCUT2D eigenvalue weighted by atomic mass is 9.87. The molecule has 1 heterocycles. The van der Waals surface area contributed by atoms with Crippen LogP contribution in [0.1, 0.15) is 36.7 Å². The van der Waals surface area contributed by atoms with E-state index in [0.717, 1.165) is 17.5 Å². The molecule has 0 saturated carbocycles. The summed E-state index contributed by atoms with van der Waals surface area (Å²) >= 11 is 3.71. The van der Waals surface area contributed by atoms with Gasteiger partial charge in [0, 0.05) is 29.1 Å². The van der Waals surface area contributed by atoms with Crippen LogP contribution in [0, 0.1) is 26.1 Å². The number of alkyl halides is 1. The number of halogens is 1. The van der Waals surface area contributed by atoms with Gasteiger partial charge in [-0.05, 0) is 47.7 Å². The predicted octanol–water partition coefficient (Wildman–Crippen LogP) is 5.11. The number of nitro groups is 2. The summed E-state index contributed by atoms with van der Waals surface area (Å²) in [5.41, 5.74) is 1.83. The highest BCUT2D eigenvalue weighted by atomic mass is 79.9. The lowest BCUT2D eigenvalue weighted by Crippen LogP contribution is -2.31. The van der Waals surface area contributed by atoms with Crippen LogP contribution in [0.2, 0.25) is 0 Å². The van der Waals surface area contributed by atoms with Crippen molar-refractivity contribution in [3.63, 3.8) is 0 Å². The van der Waals surface area contributed by atoms with Crippen molar-refractivity contribution in [1.82, 2.24) is 0 Å². The summed E-state index contributed by atoms with van der Waals surface area (Å²) in [5, 5.41) is 21.7. The van der Waals surface area contributed by atoms with Crippen molar-refractivity contribution in [3.8, 4) is 0 Å². The Morgan fingerprint density at radius 1 is 0.923 bits per heavy atom. The van der Waals surface area contributed by atoms with Crippen molar-refractivity contribution in [2.24, 2.45) is 5.92 Å². The third-order valence-electron chi connectivity index (χ3n) is 4.71. The Balaban J connectivity index is 1.84. The molecule has 0 aliphatic carbocycles. The van der Waals surface area contributed by atoms with Crippen LogP contribution in [-0.2, 0) is 4.74 Å². The largest absolute Gasteiger partial charge is 0.365 e. The van der Waals surface area contributed by atoms with Crippen molar-refractivity contribution in [3.05, 3.63) is 79.9 Å². The summed E-state index contributed by atoms with van der Waals surface area (Å²) in [6, 6.07) is 12.8.